The molecule has 0 aliphatic carbocycles. The number of carboxylic acids is 2. The summed E-state index contributed by atoms with van der Waals surface area (Å²) in [5, 5.41) is 20.1. The maximum atomic E-state index is 10.0. The Morgan fingerprint density at radius 2 is 1.00 bits per heavy atom. The van der Waals surface area contributed by atoms with Crippen LogP contribution in [0.5, 0.6) is 0 Å². The Morgan fingerprint density at radius 1 is 0.710 bits per heavy atom. The molecule has 31 heavy (non-hydrogen) atoms. The third-order valence-electron chi connectivity index (χ3n) is 2.05. The Balaban J connectivity index is -0.0000000346. The van der Waals surface area contributed by atoms with Crippen LogP contribution in [0.2, 0.25) is 0 Å². The summed E-state index contributed by atoms with van der Waals surface area (Å²) in [6, 6.07) is 20.3. The van der Waals surface area contributed by atoms with Gasteiger partial charge in [-0.15, -0.1) is 23.5 Å². The van der Waals surface area contributed by atoms with Gasteiger partial charge in [-0.25, -0.2) is 0 Å². The topological polar surface area (TPSA) is 263 Å². The van der Waals surface area contributed by atoms with E-state index >= 15 is 0 Å². The number of carbonyl (C=O) groups is 2. The second kappa shape index (κ2) is 38.0. The second-order valence-corrected chi connectivity index (χ2v) is 5.81. The van der Waals surface area contributed by atoms with Gasteiger partial charge in [-0.05, 0) is 24.3 Å². The molecule has 0 spiro atoms. The molecular weight excluding hydrogens is 700 g/mol. The average Bonchev–Trinajstić information content (AvgIpc) is 2.53. The SMILES string of the molecule is O.O.O=C([O-])CSc1[c]cccc1.O=C([O-])CSc1[c]cccc1.[Ca+2].[OH-].[OH-].[OH-].[OH-].[Sb].[Sb]. The first-order valence-corrected chi connectivity index (χ1v) is 8.14. The molecule has 0 aliphatic rings. The largest absolute Gasteiger partial charge is 2.00 e. The van der Waals surface area contributed by atoms with Crippen LogP contribution >= 0.6 is 23.5 Å². The average molecular weight is 720 g/mol. The number of carboxylic acid groups (broad SMARTS) is 2. The molecule has 0 fully saturated rings. The number of thioether (sulfide) groups is 2. The summed E-state index contributed by atoms with van der Waals surface area (Å²) in [5.74, 6) is -2.12. The summed E-state index contributed by atoms with van der Waals surface area (Å²) in [5.41, 5.74) is 0. The molecule has 0 heterocycles. The van der Waals surface area contributed by atoms with Gasteiger partial charge in [0, 0.05) is 70.2 Å². The number of benzene rings is 2. The van der Waals surface area contributed by atoms with Crippen LogP contribution in [-0.4, -0.2) is 143 Å². The van der Waals surface area contributed by atoms with E-state index in [2.05, 4.69) is 12.1 Å². The normalized spacial score (nSPS) is 6.71. The minimum atomic E-state index is -1.05. The Hall–Kier alpha value is 0.736. The van der Waals surface area contributed by atoms with Gasteiger partial charge in [0.2, 0.25) is 0 Å². The van der Waals surface area contributed by atoms with Crippen molar-refractivity contribution in [1.82, 2.24) is 0 Å². The van der Waals surface area contributed by atoms with Gasteiger partial charge in [0.05, 0.1) is 11.9 Å². The van der Waals surface area contributed by atoms with E-state index in [-0.39, 0.29) is 131 Å². The van der Waals surface area contributed by atoms with Crippen molar-refractivity contribution in [3.05, 3.63) is 60.7 Å². The van der Waals surface area contributed by atoms with E-state index in [1.807, 2.05) is 36.4 Å². The van der Waals surface area contributed by atoms with Gasteiger partial charge in [0.15, 0.2) is 0 Å². The zero-order valence-corrected chi connectivity index (χ0v) is 24.8. The summed E-state index contributed by atoms with van der Waals surface area (Å²) in [7, 11) is 0. The van der Waals surface area contributed by atoms with Crippen molar-refractivity contribution in [1.29, 1.82) is 0 Å². The minimum absolute atomic E-state index is 0. The van der Waals surface area contributed by atoms with E-state index < -0.39 is 11.9 Å². The predicted octanol–water partition coefficient (Wildman–Crippen LogP) is -2.84. The van der Waals surface area contributed by atoms with E-state index in [0.29, 0.717) is 0 Å². The van der Waals surface area contributed by atoms with Crippen molar-refractivity contribution < 1.29 is 52.7 Å². The number of aliphatic carboxylic acids is 2. The number of rotatable bonds is 6. The van der Waals surface area contributed by atoms with E-state index in [9.17, 15) is 19.8 Å². The van der Waals surface area contributed by atoms with Crippen molar-refractivity contribution in [2.45, 2.75) is 9.79 Å². The zero-order valence-electron chi connectivity index (χ0n) is 15.9. The molecule has 15 heteroatoms. The van der Waals surface area contributed by atoms with Gasteiger partial charge < -0.3 is 52.7 Å². The number of hydrogen-bond acceptors (Lipinski definition) is 10. The van der Waals surface area contributed by atoms with Gasteiger partial charge in [0.1, 0.15) is 0 Å². The molecule has 2 aromatic rings. The van der Waals surface area contributed by atoms with Gasteiger partial charge >= 0.3 is 37.7 Å². The maximum Gasteiger partial charge on any atom is 2.00 e. The molecule has 0 saturated carbocycles. The minimum Gasteiger partial charge on any atom is -0.870 e. The summed E-state index contributed by atoms with van der Waals surface area (Å²) in [6.45, 7) is 0. The van der Waals surface area contributed by atoms with Crippen molar-refractivity contribution in [2.24, 2.45) is 0 Å². The van der Waals surface area contributed by atoms with Crippen LogP contribution in [-0.2, 0) is 9.59 Å². The fourth-order valence-electron chi connectivity index (χ4n) is 1.21. The maximum absolute atomic E-state index is 10.0. The van der Waals surface area contributed by atoms with E-state index in [0.717, 1.165) is 9.79 Å². The molecular formula is C16H20CaO10S2Sb2-4. The van der Waals surface area contributed by atoms with Crippen LogP contribution in [0.25, 0.3) is 0 Å². The van der Waals surface area contributed by atoms with Crippen LogP contribution < -0.4 is 10.2 Å². The van der Waals surface area contributed by atoms with E-state index in [4.69, 9.17) is 0 Å². The molecule has 0 atom stereocenters. The van der Waals surface area contributed by atoms with Crippen molar-refractivity contribution in [2.75, 3.05) is 11.5 Å². The summed E-state index contributed by atoms with van der Waals surface area (Å²) >= 11 is 2.42. The third-order valence-corrected chi connectivity index (χ3v) is 3.94. The van der Waals surface area contributed by atoms with Gasteiger partial charge in [-0.1, -0.05) is 36.4 Å². The van der Waals surface area contributed by atoms with Gasteiger partial charge in [-0.3, -0.25) is 0 Å². The molecule has 2 aromatic carbocycles. The molecule has 8 radical (unpaired) electrons. The number of carbonyl (C=O) groups excluding carboxylic acids is 2. The second-order valence-electron chi connectivity index (χ2n) is 3.78. The quantitative estimate of drug-likeness (QED) is 0.218. The van der Waals surface area contributed by atoms with Gasteiger partial charge in [-0.2, -0.15) is 0 Å². The molecule has 8 N–H and O–H groups in total. The number of hydrogen-bond donors (Lipinski definition) is 0. The van der Waals surface area contributed by atoms with Gasteiger partial charge in [0.25, 0.3) is 0 Å². The molecule has 0 aliphatic heterocycles. The molecule has 0 saturated heterocycles. The monoisotopic (exact) mass is 718 g/mol. The smallest absolute Gasteiger partial charge is 0.870 e. The van der Waals surface area contributed by atoms with Crippen LogP contribution in [0.4, 0.5) is 0 Å². The Labute approximate surface area is 253 Å². The van der Waals surface area contributed by atoms with Crippen LogP contribution in [0.3, 0.4) is 0 Å². The summed E-state index contributed by atoms with van der Waals surface area (Å²) in [4.78, 5) is 21.7. The Kier molecular flexibility index (Phi) is 71.1. The summed E-state index contributed by atoms with van der Waals surface area (Å²) in [6.07, 6.45) is 0. The zero-order chi connectivity index (χ0) is 16.2. The predicted molar refractivity (Wildman–Crippen MR) is 114 cm³/mol. The fourth-order valence-corrected chi connectivity index (χ4v) is 2.41. The van der Waals surface area contributed by atoms with E-state index in [1.54, 1.807) is 12.1 Å². The Bertz CT molecular complexity index is 548. The first kappa shape index (κ1) is 58.0. The molecule has 0 bridgehead atoms. The molecule has 0 unspecified atom stereocenters. The molecule has 172 valence electrons. The standard InChI is InChI=1S/2C8H7O2S.Ca.6H2O.2Sb/c2*9-8(10)6-11-7-4-2-1-3-5-7;;;;;;;;;/h2*1-4H,6H2,(H,9,10);;6*1H2;;/q;;+2;;;;;;;;/p-6. The van der Waals surface area contributed by atoms with Crippen molar-refractivity contribution in [3.63, 3.8) is 0 Å². The van der Waals surface area contributed by atoms with Crippen LogP contribution in [0, 0.1) is 12.1 Å². The van der Waals surface area contributed by atoms with Crippen molar-refractivity contribution in [3.8, 4) is 0 Å². The fraction of sp³-hybridized carbons (Fsp3) is 0.125. The summed E-state index contributed by atoms with van der Waals surface area (Å²) < 4.78 is 0. The van der Waals surface area contributed by atoms with Crippen LogP contribution in [0.15, 0.2) is 58.3 Å². The first-order chi connectivity index (χ1) is 10.6. The molecule has 0 amide bonds. The van der Waals surface area contributed by atoms with E-state index in [1.165, 1.54) is 23.5 Å². The first-order valence-electron chi connectivity index (χ1n) is 6.16. The molecule has 2 rings (SSSR count). The van der Waals surface area contributed by atoms with Crippen molar-refractivity contribution >= 4 is 122 Å². The Morgan fingerprint density at radius 3 is 1.19 bits per heavy atom. The molecule has 10 nitrogen and oxygen atoms in total. The van der Waals surface area contributed by atoms with Crippen LogP contribution in [0.1, 0.15) is 0 Å². The molecule has 0 aromatic heterocycles. The third kappa shape index (κ3) is 35.5.